The van der Waals surface area contributed by atoms with Gasteiger partial charge in [0.25, 0.3) is 11.7 Å². The molecule has 1 fully saturated rings. The first-order valence-electron chi connectivity index (χ1n) is 11.6. The predicted octanol–water partition coefficient (Wildman–Crippen LogP) is 1.27. The zero-order valence-corrected chi connectivity index (χ0v) is 18.8. The lowest BCUT2D eigenvalue weighted by Gasteiger charge is -2.27. The average Bonchev–Trinajstić information content (AvgIpc) is 3.17. The number of quaternary nitrogens is 1. The fourth-order valence-corrected chi connectivity index (χ4v) is 4.29. The maximum Gasteiger partial charge on any atom is 0.292 e. The van der Waals surface area contributed by atoms with Crippen LogP contribution in [0.3, 0.4) is 0 Å². The number of Topliss-reactive ketones (excluding diaryl/α,β-unsaturated/α-hetero) is 1. The topological polar surface area (TPSA) is 75.8 Å². The molecule has 2 amide bonds. The van der Waals surface area contributed by atoms with E-state index in [1.807, 2.05) is 29.2 Å². The fraction of sp³-hybridized carbons (Fsp3) is 0.542. The normalized spacial score (nSPS) is 14.2. The zero-order chi connectivity index (χ0) is 22.2. The Morgan fingerprint density at radius 1 is 1.03 bits per heavy atom. The van der Waals surface area contributed by atoms with Crippen molar-refractivity contribution >= 4 is 28.5 Å². The summed E-state index contributed by atoms with van der Waals surface area (Å²) >= 11 is 0. The number of piperidine rings is 1. The summed E-state index contributed by atoms with van der Waals surface area (Å²) in [5.74, 6) is -1.07. The van der Waals surface area contributed by atoms with E-state index in [-0.39, 0.29) is 12.5 Å². The summed E-state index contributed by atoms with van der Waals surface area (Å²) in [4.78, 5) is 41.5. The van der Waals surface area contributed by atoms with E-state index < -0.39 is 11.7 Å². The van der Waals surface area contributed by atoms with Gasteiger partial charge in [0.2, 0.25) is 5.91 Å². The lowest BCUT2D eigenvalue weighted by molar-refractivity contribution is -0.896. The van der Waals surface area contributed by atoms with Gasteiger partial charge < -0.3 is 19.7 Å². The van der Waals surface area contributed by atoms with Crippen molar-refractivity contribution in [2.45, 2.75) is 46.1 Å². The van der Waals surface area contributed by atoms with E-state index in [0.717, 1.165) is 57.5 Å². The van der Waals surface area contributed by atoms with Crippen molar-refractivity contribution in [2.75, 3.05) is 39.3 Å². The number of aromatic nitrogens is 1. The third-order valence-corrected chi connectivity index (χ3v) is 6.25. The lowest BCUT2D eigenvalue weighted by atomic mass is 10.1. The van der Waals surface area contributed by atoms with Gasteiger partial charge in [-0.15, -0.1) is 0 Å². The minimum Gasteiger partial charge on any atom is -0.349 e. The predicted molar refractivity (Wildman–Crippen MR) is 121 cm³/mol. The second-order valence-corrected chi connectivity index (χ2v) is 8.27. The first-order chi connectivity index (χ1) is 15.0. The Morgan fingerprint density at radius 2 is 1.74 bits per heavy atom. The average molecular weight is 428 g/mol. The Kier molecular flexibility index (Phi) is 8.23. The Balaban J connectivity index is 1.68. The zero-order valence-electron chi connectivity index (χ0n) is 18.8. The number of ketones is 1. The van der Waals surface area contributed by atoms with Crippen LogP contribution in [0.15, 0.2) is 30.5 Å². The van der Waals surface area contributed by atoms with Crippen LogP contribution < -0.4 is 10.2 Å². The monoisotopic (exact) mass is 427 g/mol. The van der Waals surface area contributed by atoms with Gasteiger partial charge in [-0.05, 0) is 39.2 Å². The summed E-state index contributed by atoms with van der Waals surface area (Å²) in [7, 11) is 0. The molecule has 0 saturated carbocycles. The molecule has 2 heterocycles. The van der Waals surface area contributed by atoms with Gasteiger partial charge in [-0.1, -0.05) is 18.2 Å². The Bertz CT molecular complexity index is 911. The van der Waals surface area contributed by atoms with Crippen molar-refractivity contribution in [1.82, 2.24) is 14.8 Å². The summed E-state index contributed by atoms with van der Waals surface area (Å²) in [5.41, 5.74) is 1.16. The van der Waals surface area contributed by atoms with Crippen LogP contribution >= 0.6 is 0 Å². The van der Waals surface area contributed by atoms with E-state index in [1.54, 1.807) is 10.8 Å². The van der Waals surface area contributed by atoms with E-state index in [2.05, 4.69) is 19.2 Å². The van der Waals surface area contributed by atoms with Gasteiger partial charge in [-0.3, -0.25) is 14.4 Å². The van der Waals surface area contributed by atoms with Gasteiger partial charge in [-0.2, -0.15) is 0 Å². The maximum absolute atomic E-state index is 12.9. The molecule has 7 nitrogen and oxygen atoms in total. The molecule has 0 spiro atoms. The van der Waals surface area contributed by atoms with E-state index in [9.17, 15) is 14.4 Å². The molecule has 1 saturated heterocycles. The van der Waals surface area contributed by atoms with E-state index in [0.29, 0.717) is 17.5 Å². The van der Waals surface area contributed by atoms with Crippen molar-refractivity contribution in [3.63, 3.8) is 0 Å². The Labute approximate surface area is 184 Å². The van der Waals surface area contributed by atoms with Crippen molar-refractivity contribution in [1.29, 1.82) is 0 Å². The SMILES string of the molecule is CC[NH+](CC)CCCNC(=O)C(=O)c1cn(CC(=O)N2CCCCC2)c2ccccc12. The van der Waals surface area contributed by atoms with Gasteiger partial charge in [0, 0.05) is 43.2 Å². The molecule has 0 bridgehead atoms. The van der Waals surface area contributed by atoms with Crippen LogP contribution in [0.25, 0.3) is 10.9 Å². The Hall–Kier alpha value is -2.67. The maximum atomic E-state index is 12.9. The lowest BCUT2D eigenvalue weighted by Crippen LogP contribution is -3.11. The molecule has 1 aliphatic rings. The number of amides is 2. The van der Waals surface area contributed by atoms with Crippen LogP contribution in [-0.2, 0) is 16.1 Å². The summed E-state index contributed by atoms with van der Waals surface area (Å²) in [6, 6.07) is 7.45. The van der Waals surface area contributed by atoms with Gasteiger partial charge >= 0.3 is 0 Å². The molecule has 1 aromatic heterocycles. The summed E-state index contributed by atoms with van der Waals surface area (Å²) in [6.07, 6.45) is 5.74. The molecule has 0 unspecified atom stereocenters. The second-order valence-electron chi connectivity index (χ2n) is 8.27. The molecule has 31 heavy (non-hydrogen) atoms. The number of para-hydroxylation sites is 1. The largest absolute Gasteiger partial charge is 0.349 e. The highest BCUT2D eigenvalue weighted by Crippen LogP contribution is 2.22. The van der Waals surface area contributed by atoms with Crippen LogP contribution in [-0.4, -0.2) is 66.3 Å². The van der Waals surface area contributed by atoms with Gasteiger partial charge in [0.15, 0.2) is 0 Å². The summed E-state index contributed by atoms with van der Waals surface area (Å²) in [6.45, 7) is 9.63. The first kappa shape index (κ1) is 23.0. The van der Waals surface area contributed by atoms with E-state index in [1.165, 1.54) is 11.3 Å². The van der Waals surface area contributed by atoms with Crippen molar-refractivity contribution in [3.8, 4) is 0 Å². The number of rotatable bonds is 10. The minimum atomic E-state index is -0.584. The number of carbonyl (C=O) groups excluding carboxylic acids is 3. The van der Waals surface area contributed by atoms with Crippen LogP contribution in [0.5, 0.6) is 0 Å². The number of hydrogen-bond donors (Lipinski definition) is 2. The van der Waals surface area contributed by atoms with Crippen molar-refractivity contribution in [2.24, 2.45) is 0 Å². The number of benzene rings is 1. The molecular weight excluding hydrogens is 392 g/mol. The molecule has 1 aromatic carbocycles. The van der Waals surface area contributed by atoms with Gasteiger partial charge in [0.05, 0.1) is 25.2 Å². The van der Waals surface area contributed by atoms with E-state index in [4.69, 9.17) is 0 Å². The Morgan fingerprint density at radius 3 is 2.45 bits per heavy atom. The molecule has 0 radical (unpaired) electrons. The van der Waals surface area contributed by atoms with Crippen LogP contribution in [0, 0.1) is 0 Å². The van der Waals surface area contributed by atoms with Crippen LogP contribution in [0.4, 0.5) is 0 Å². The fourth-order valence-electron chi connectivity index (χ4n) is 4.29. The van der Waals surface area contributed by atoms with Crippen LogP contribution in [0.1, 0.15) is 49.9 Å². The number of hydrogen-bond acceptors (Lipinski definition) is 3. The molecule has 0 aliphatic carbocycles. The molecule has 1 aliphatic heterocycles. The molecule has 168 valence electrons. The molecule has 7 heteroatoms. The number of fused-ring (bicyclic) bond motifs is 1. The second kappa shape index (κ2) is 11.1. The quantitative estimate of drug-likeness (QED) is 0.341. The van der Waals surface area contributed by atoms with Crippen LogP contribution in [0.2, 0.25) is 0 Å². The van der Waals surface area contributed by atoms with E-state index >= 15 is 0 Å². The number of carbonyl (C=O) groups is 3. The standard InChI is InChI=1S/C24H34N4O3/c1-3-26(4-2)14-10-13-25-24(31)23(30)20-17-28(21-12-7-6-11-19(20)21)18-22(29)27-15-8-5-9-16-27/h6-7,11-12,17H,3-5,8-10,13-16,18H2,1-2H3,(H,25,31)/p+1. The highest BCUT2D eigenvalue weighted by atomic mass is 16.2. The number of likely N-dealkylation sites (tertiary alicyclic amines) is 1. The summed E-state index contributed by atoms with van der Waals surface area (Å²) in [5, 5.41) is 3.47. The highest BCUT2D eigenvalue weighted by molar-refractivity contribution is 6.45. The van der Waals surface area contributed by atoms with Gasteiger partial charge in [-0.25, -0.2) is 0 Å². The van der Waals surface area contributed by atoms with Crippen molar-refractivity contribution in [3.05, 3.63) is 36.0 Å². The number of nitrogens with zero attached hydrogens (tertiary/aromatic N) is 2. The smallest absolute Gasteiger partial charge is 0.292 e. The van der Waals surface area contributed by atoms with Gasteiger partial charge in [0.1, 0.15) is 6.54 Å². The molecule has 0 atom stereocenters. The minimum absolute atomic E-state index is 0.0582. The molecular formula is C24H35N4O3+. The first-order valence-corrected chi connectivity index (χ1v) is 11.6. The number of nitrogens with one attached hydrogen (secondary N) is 2. The molecule has 3 rings (SSSR count). The van der Waals surface area contributed by atoms with Crippen molar-refractivity contribution < 1.29 is 19.3 Å². The highest BCUT2D eigenvalue weighted by Gasteiger charge is 2.23. The third kappa shape index (κ3) is 5.73. The summed E-state index contributed by atoms with van der Waals surface area (Å²) < 4.78 is 1.80. The molecule has 2 aromatic rings. The molecule has 2 N–H and O–H groups in total. The third-order valence-electron chi connectivity index (χ3n) is 6.25.